The van der Waals surface area contributed by atoms with Gasteiger partial charge in [0.05, 0.1) is 0 Å². The molecule has 1 unspecified atom stereocenters. The van der Waals surface area contributed by atoms with Crippen molar-refractivity contribution in [1.29, 1.82) is 0 Å². The maximum atomic E-state index is 2.51. The molecule has 1 atom stereocenters. The summed E-state index contributed by atoms with van der Waals surface area (Å²) < 4.78 is 0.362. The van der Waals surface area contributed by atoms with Crippen LogP contribution in [-0.2, 0) is 20.3 Å². The van der Waals surface area contributed by atoms with Gasteiger partial charge in [-0.1, -0.05) is 0 Å². The van der Waals surface area contributed by atoms with E-state index in [1.165, 1.54) is 11.1 Å². The van der Waals surface area contributed by atoms with Gasteiger partial charge >= 0.3 is 96.9 Å². The van der Waals surface area contributed by atoms with Gasteiger partial charge in [0.2, 0.25) is 0 Å². The first-order valence-corrected chi connectivity index (χ1v) is 11.1. The monoisotopic (exact) mass is 236 g/mol. The quantitative estimate of drug-likeness (QED) is 0.624. The Kier molecular flexibility index (Phi) is 2.48. The first kappa shape index (κ1) is 11.2. The fourth-order valence-electron chi connectivity index (χ4n) is 2.49. The summed E-state index contributed by atoms with van der Waals surface area (Å²) in [6, 6.07) is 8.91. The molecule has 1 aliphatic carbocycles. The third-order valence-corrected chi connectivity index (χ3v) is 9.49. The minimum absolute atomic E-state index is 0.362. The Morgan fingerprint density at radius 1 is 1.07 bits per heavy atom. The molecule has 0 bridgehead atoms. The standard InChI is InChI=1S/C11H11.3CH3.Ti/c1-8-7-9(2)11-6-4-3-5-10(8)11;;;;/h3-7H,1-2H3;3*1H3;. The number of hydrogen-bond acceptors (Lipinski definition) is 0. The van der Waals surface area contributed by atoms with Crippen molar-refractivity contribution >= 4 is 5.57 Å². The van der Waals surface area contributed by atoms with Crippen molar-refractivity contribution in [1.82, 2.24) is 0 Å². The Bertz CT molecular complexity index is 423. The van der Waals surface area contributed by atoms with Gasteiger partial charge in [0.25, 0.3) is 0 Å². The van der Waals surface area contributed by atoms with Gasteiger partial charge < -0.3 is 0 Å². The van der Waals surface area contributed by atoms with Crippen LogP contribution in [0.4, 0.5) is 0 Å². The van der Waals surface area contributed by atoms with Crippen molar-refractivity contribution in [3.8, 4) is 0 Å². The second-order valence-corrected chi connectivity index (χ2v) is 14.5. The van der Waals surface area contributed by atoms with Crippen LogP contribution < -0.4 is 0 Å². The molecule has 2 rings (SSSR count). The molecule has 1 aliphatic rings. The second kappa shape index (κ2) is 3.33. The van der Waals surface area contributed by atoms with Crippen LogP contribution in [0.2, 0.25) is 15.7 Å². The molecule has 1 heteroatoms. The molecule has 0 aromatic heterocycles. The Morgan fingerprint density at radius 2 is 1.67 bits per heavy atom. The van der Waals surface area contributed by atoms with Crippen LogP contribution in [0.25, 0.3) is 5.57 Å². The molecule has 0 saturated carbocycles. The Labute approximate surface area is 96.8 Å². The molecular formula is C14H20Ti. The normalized spacial score (nSPS) is 25.0. The zero-order chi connectivity index (χ0) is 11.3. The van der Waals surface area contributed by atoms with Crippen LogP contribution in [0.15, 0.2) is 30.3 Å². The Balaban J connectivity index is 2.66. The van der Waals surface area contributed by atoms with E-state index in [4.69, 9.17) is 0 Å². The van der Waals surface area contributed by atoms with Crippen molar-refractivity contribution < 1.29 is 16.6 Å². The van der Waals surface area contributed by atoms with Crippen molar-refractivity contribution in [2.75, 3.05) is 0 Å². The second-order valence-electron chi connectivity index (χ2n) is 5.83. The summed E-state index contributed by atoms with van der Waals surface area (Å²) in [7, 11) is 0. The van der Waals surface area contributed by atoms with Gasteiger partial charge in [-0.2, -0.15) is 0 Å². The molecule has 0 aliphatic heterocycles. The van der Waals surface area contributed by atoms with Gasteiger partial charge in [0.15, 0.2) is 0 Å². The molecule has 0 heterocycles. The first-order valence-electron chi connectivity index (χ1n) is 5.65. The molecular weight excluding hydrogens is 216 g/mol. The summed E-state index contributed by atoms with van der Waals surface area (Å²) in [6.45, 7) is 4.68. The van der Waals surface area contributed by atoms with Crippen molar-refractivity contribution in [3.05, 3.63) is 41.5 Å². The minimum atomic E-state index is -1.74. The zero-order valence-electron chi connectivity index (χ0n) is 10.4. The van der Waals surface area contributed by atoms with Crippen LogP contribution in [0.1, 0.15) is 25.0 Å². The van der Waals surface area contributed by atoms with Gasteiger partial charge in [-0.15, -0.1) is 0 Å². The summed E-state index contributed by atoms with van der Waals surface area (Å²) in [6.07, 6.45) is 2.51. The molecule has 0 fully saturated rings. The van der Waals surface area contributed by atoms with E-state index in [1.807, 2.05) is 0 Å². The van der Waals surface area contributed by atoms with Crippen molar-refractivity contribution in [3.63, 3.8) is 0 Å². The van der Waals surface area contributed by atoms with Gasteiger partial charge in [0, 0.05) is 0 Å². The number of benzene rings is 1. The van der Waals surface area contributed by atoms with Crippen LogP contribution >= 0.6 is 0 Å². The van der Waals surface area contributed by atoms with E-state index >= 15 is 0 Å². The third-order valence-electron chi connectivity index (χ3n) is 3.97. The van der Waals surface area contributed by atoms with Crippen LogP contribution in [-0.4, -0.2) is 0 Å². The molecule has 80 valence electrons. The summed E-state index contributed by atoms with van der Waals surface area (Å²) in [5, 5.41) is 7.52. The third kappa shape index (κ3) is 1.55. The summed E-state index contributed by atoms with van der Waals surface area (Å²) >= 11 is -1.74. The number of fused-ring (bicyclic) bond motifs is 1. The molecule has 0 saturated heterocycles. The van der Waals surface area contributed by atoms with Crippen LogP contribution in [0.3, 0.4) is 0 Å². The average Bonchev–Trinajstić information content (AvgIpc) is 2.41. The summed E-state index contributed by atoms with van der Waals surface area (Å²) in [5.74, 6) is 0. The van der Waals surface area contributed by atoms with E-state index in [0.717, 1.165) is 0 Å². The molecule has 0 N–H and O–H groups in total. The fraction of sp³-hybridized carbons (Fsp3) is 0.429. The van der Waals surface area contributed by atoms with Crippen molar-refractivity contribution in [2.45, 2.75) is 33.3 Å². The van der Waals surface area contributed by atoms with Crippen LogP contribution in [0.5, 0.6) is 0 Å². The topological polar surface area (TPSA) is 0 Å². The predicted octanol–water partition coefficient (Wildman–Crippen LogP) is 4.62. The number of rotatable bonds is 1. The summed E-state index contributed by atoms with van der Waals surface area (Å²) in [5.41, 5.74) is 4.50. The van der Waals surface area contributed by atoms with E-state index < -0.39 is 16.6 Å². The van der Waals surface area contributed by atoms with E-state index in [1.54, 1.807) is 5.56 Å². The van der Waals surface area contributed by atoms with E-state index in [2.05, 4.69) is 59.9 Å². The van der Waals surface area contributed by atoms with Crippen molar-refractivity contribution in [2.24, 2.45) is 0 Å². The Morgan fingerprint density at radius 3 is 2.27 bits per heavy atom. The molecule has 0 amide bonds. The number of allylic oxidation sites excluding steroid dienone is 2. The van der Waals surface area contributed by atoms with Gasteiger partial charge in [-0.05, 0) is 0 Å². The average molecular weight is 236 g/mol. The van der Waals surface area contributed by atoms with Gasteiger partial charge in [0.1, 0.15) is 0 Å². The first-order chi connectivity index (χ1) is 6.86. The molecule has 1 aromatic carbocycles. The molecule has 15 heavy (non-hydrogen) atoms. The maximum absolute atomic E-state index is 2.51. The molecule has 0 nitrogen and oxygen atoms in total. The van der Waals surface area contributed by atoms with E-state index in [9.17, 15) is 0 Å². The Hall–Kier alpha value is -0.326. The zero-order valence-corrected chi connectivity index (χ0v) is 11.9. The SMILES string of the molecule is CC1=C[C](C)([Ti]([CH3])([CH3])[CH3])c2ccccc21. The van der Waals surface area contributed by atoms with E-state index in [-0.39, 0.29) is 0 Å². The molecule has 1 aromatic rings. The van der Waals surface area contributed by atoms with E-state index in [0.29, 0.717) is 3.72 Å². The van der Waals surface area contributed by atoms with Crippen LogP contribution in [0, 0.1) is 0 Å². The summed E-state index contributed by atoms with van der Waals surface area (Å²) in [4.78, 5) is 0. The molecule has 0 radical (unpaired) electrons. The van der Waals surface area contributed by atoms with Gasteiger partial charge in [-0.3, -0.25) is 0 Å². The molecule has 0 spiro atoms. The number of hydrogen-bond donors (Lipinski definition) is 0. The fourth-order valence-corrected chi connectivity index (χ4v) is 5.11. The van der Waals surface area contributed by atoms with Gasteiger partial charge in [-0.25, -0.2) is 0 Å². The predicted molar refractivity (Wildman–Crippen MR) is 65.0 cm³/mol.